The van der Waals surface area contributed by atoms with E-state index in [1.165, 1.54) is 11.1 Å². The van der Waals surface area contributed by atoms with Gasteiger partial charge in [0.2, 0.25) is 0 Å². The van der Waals surface area contributed by atoms with Crippen LogP contribution in [-0.4, -0.2) is 26.3 Å². The highest BCUT2D eigenvalue weighted by Gasteiger charge is 2.45. The monoisotopic (exact) mass is 420 g/mol. The van der Waals surface area contributed by atoms with Gasteiger partial charge in [-0.05, 0) is 54.6 Å². The van der Waals surface area contributed by atoms with E-state index in [1.807, 2.05) is 54.2 Å². The third kappa shape index (κ3) is 2.57. The third-order valence-electron chi connectivity index (χ3n) is 7.02. The fraction of sp³-hybridized carbons (Fsp3) is 0.259. The van der Waals surface area contributed by atoms with E-state index < -0.39 is 0 Å². The first kappa shape index (κ1) is 19.1. The first-order valence-corrected chi connectivity index (χ1v) is 11.1. The van der Waals surface area contributed by atoms with Crippen molar-refractivity contribution >= 4 is 10.8 Å². The lowest BCUT2D eigenvalue weighted by Gasteiger charge is -2.52. The van der Waals surface area contributed by atoms with Gasteiger partial charge in [-0.2, -0.15) is 5.10 Å². The van der Waals surface area contributed by atoms with Gasteiger partial charge in [0.05, 0.1) is 17.1 Å². The predicted octanol–water partition coefficient (Wildman–Crippen LogP) is 4.12. The molecule has 0 saturated carbocycles. The van der Waals surface area contributed by atoms with Crippen molar-refractivity contribution in [2.24, 2.45) is 7.05 Å². The highest BCUT2D eigenvalue weighted by molar-refractivity contribution is 5.96. The summed E-state index contributed by atoms with van der Waals surface area (Å²) in [5, 5.41) is 6.09. The average Bonchev–Trinajstić information content (AvgIpc) is 3.24. The normalized spacial score (nSPS) is 18.8. The molecule has 158 valence electrons. The number of nitrogens with zero attached hydrogens (tertiary/aromatic N) is 4. The zero-order chi connectivity index (χ0) is 22.0. The van der Waals surface area contributed by atoms with E-state index in [4.69, 9.17) is 0 Å². The third-order valence-corrected chi connectivity index (χ3v) is 7.02. The number of hydrogen-bond donors (Lipinski definition) is 0. The molecule has 1 saturated heterocycles. The maximum absolute atomic E-state index is 14.1. The summed E-state index contributed by atoms with van der Waals surface area (Å²) in [5.74, 6) is 6.49. The lowest BCUT2D eigenvalue weighted by atomic mass is 9.73. The van der Waals surface area contributed by atoms with Crippen molar-refractivity contribution in [2.75, 3.05) is 7.05 Å². The van der Waals surface area contributed by atoms with Crippen LogP contribution in [0.25, 0.3) is 16.5 Å². The van der Waals surface area contributed by atoms with Gasteiger partial charge in [0, 0.05) is 42.3 Å². The minimum atomic E-state index is 0.0214. The minimum Gasteiger partial charge on any atom is -0.292 e. The first-order valence-electron chi connectivity index (χ1n) is 11.1. The molecule has 4 heterocycles. The summed E-state index contributed by atoms with van der Waals surface area (Å²) in [6.45, 7) is 2.15. The molecule has 1 fully saturated rings. The molecule has 3 aliphatic rings. The van der Waals surface area contributed by atoms with Gasteiger partial charge in [0.25, 0.3) is 5.56 Å². The molecule has 5 heteroatoms. The Morgan fingerprint density at radius 3 is 2.53 bits per heavy atom. The molecule has 2 aromatic carbocycles. The van der Waals surface area contributed by atoms with Crippen LogP contribution in [0.5, 0.6) is 0 Å². The van der Waals surface area contributed by atoms with Crippen LogP contribution in [-0.2, 0) is 13.5 Å². The maximum Gasteiger partial charge on any atom is 0.264 e. The molecule has 0 amide bonds. The lowest BCUT2D eigenvalue weighted by Crippen LogP contribution is -2.46. The van der Waals surface area contributed by atoms with Gasteiger partial charge in [-0.1, -0.05) is 43.0 Å². The van der Waals surface area contributed by atoms with Gasteiger partial charge in [-0.3, -0.25) is 18.9 Å². The molecule has 2 aromatic heterocycles. The molecule has 5 nitrogen and oxygen atoms in total. The number of benzene rings is 2. The second kappa shape index (κ2) is 6.94. The number of hydrogen-bond acceptors (Lipinski definition) is 3. The highest BCUT2D eigenvalue weighted by Crippen LogP contribution is 2.55. The van der Waals surface area contributed by atoms with Crippen LogP contribution in [0, 0.1) is 11.8 Å². The van der Waals surface area contributed by atoms with Crippen LogP contribution in [0.4, 0.5) is 0 Å². The van der Waals surface area contributed by atoms with Gasteiger partial charge in [-0.15, -0.1) is 0 Å². The SMILES string of the molecule is CCc1c2c3c(ccc(C#Cc4cnn(C)c4)c3c(=O)n1-c1ccccc1)C1CC2N1C. The zero-order valence-corrected chi connectivity index (χ0v) is 18.5. The second-order valence-electron chi connectivity index (χ2n) is 8.73. The molecule has 0 radical (unpaired) electrons. The first-order chi connectivity index (χ1) is 15.6. The van der Waals surface area contributed by atoms with Gasteiger partial charge in [-0.25, -0.2) is 0 Å². The zero-order valence-electron chi connectivity index (χ0n) is 18.5. The van der Waals surface area contributed by atoms with Crippen LogP contribution < -0.4 is 5.56 Å². The summed E-state index contributed by atoms with van der Waals surface area (Å²) >= 11 is 0. The van der Waals surface area contributed by atoms with E-state index in [-0.39, 0.29) is 5.56 Å². The van der Waals surface area contributed by atoms with Crippen molar-refractivity contribution < 1.29 is 0 Å². The van der Waals surface area contributed by atoms with Crippen LogP contribution in [0.2, 0.25) is 0 Å². The highest BCUT2D eigenvalue weighted by atomic mass is 16.1. The van der Waals surface area contributed by atoms with Crippen LogP contribution in [0.1, 0.15) is 53.4 Å². The van der Waals surface area contributed by atoms with E-state index in [0.717, 1.165) is 46.1 Å². The largest absolute Gasteiger partial charge is 0.292 e. The fourth-order valence-electron chi connectivity index (χ4n) is 5.49. The summed E-state index contributed by atoms with van der Waals surface area (Å²) < 4.78 is 3.66. The number of aryl methyl sites for hydroxylation is 1. The second-order valence-corrected chi connectivity index (χ2v) is 8.73. The maximum atomic E-state index is 14.1. The number of aromatic nitrogens is 3. The number of pyridine rings is 1. The van der Waals surface area contributed by atoms with E-state index >= 15 is 0 Å². The molecule has 7 rings (SSSR count). The Labute approximate surface area is 186 Å². The average molecular weight is 421 g/mol. The summed E-state index contributed by atoms with van der Waals surface area (Å²) in [6.07, 6.45) is 5.55. The van der Waals surface area contributed by atoms with E-state index in [9.17, 15) is 4.79 Å². The van der Waals surface area contributed by atoms with Crippen molar-refractivity contribution in [3.05, 3.63) is 93.2 Å². The van der Waals surface area contributed by atoms with E-state index in [1.54, 1.807) is 10.9 Å². The number of para-hydroxylation sites is 1. The van der Waals surface area contributed by atoms with Gasteiger partial charge < -0.3 is 0 Å². The molecule has 0 N–H and O–H groups in total. The molecular weight excluding hydrogens is 396 g/mol. The minimum absolute atomic E-state index is 0.0214. The standard InChI is InChI=1S/C27H24N4O/c1-4-21-26-23-14-22(30(23)3)20-13-12-18(11-10-17-15-28-29(2)16-17)24(25(20)26)27(32)31(21)19-8-6-5-7-9-19/h5-9,12-13,15-16,22-23H,4,14H2,1-3H3. The van der Waals surface area contributed by atoms with Crippen molar-refractivity contribution in [3.8, 4) is 17.5 Å². The smallest absolute Gasteiger partial charge is 0.264 e. The topological polar surface area (TPSA) is 43.1 Å². The molecule has 2 atom stereocenters. The summed E-state index contributed by atoms with van der Waals surface area (Å²) in [5.41, 5.74) is 6.24. The van der Waals surface area contributed by atoms with Gasteiger partial charge >= 0.3 is 0 Å². The van der Waals surface area contributed by atoms with Crippen molar-refractivity contribution in [1.29, 1.82) is 0 Å². The Morgan fingerprint density at radius 1 is 1.03 bits per heavy atom. The lowest BCUT2D eigenvalue weighted by molar-refractivity contribution is 0.0365. The number of rotatable bonds is 2. The van der Waals surface area contributed by atoms with Crippen LogP contribution >= 0.6 is 0 Å². The Bertz CT molecular complexity index is 1500. The predicted molar refractivity (Wildman–Crippen MR) is 126 cm³/mol. The fourth-order valence-corrected chi connectivity index (χ4v) is 5.49. The van der Waals surface area contributed by atoms with Crippen LogP contribution in [0.15, 0.2) is 59.7 Å². The van der Waals surface area contributed by atoms with E-state index in [2.05, 4.69) is 41.9 Å². The Kier molecular flexibility index (Phi) is 4.14. The van der Waals surface area contributed by atoms with Crippen molar-refractivity contribution in [3.63, 3.8) is 0 Å². The summed E-state index contributed by atoms with van der Waals surface area (Å²) in [6, 6.07) is 14.9. The quantitative estimate of drug-likeness (QED) is 0.458. The Hall–Kier alpha value is -3.62. The molecule has 2 aliphatic heterocycles. The Balaban J connectivity index is 1.72. The molecule has 2 unspecified atom stereocenters. The summed E-state index contributed by atoms with van der Waals surface area (Å²) in [7, 11) is 4.07. The Morgan fingerprint density at radius 2 is 1.84 bits per heavy atom. The molecule has 32 heavy (non-hydrogen) atoms. The molecular formula is C27H24N4O. The van der Waals surface area contributed by atoms with Gasteiger partial charge in [0.15, 0.2) is 0 Å². The molecule has 0 spiro atoms. The van der Waals surface area contributed by atoms with Crippen LogP contribution in [0.3, 0.4) is 0 Å². The molecule has 2 bridgehead atoms. The molecule has 1 aliphatic carbocycles. The van der Waals surface area contributed by atoms with E-state index in [0.29, 0.717) is 12.1 Å². The summed E-state index contributed by atoms with van der Waals surface area (Å²) in [4.78, 5) is 16.5. The van der Waals surface area contributed by atoms with Gasteiger partial charge in [0.1, 0.15) is 0 Å². The van der Waals surface area contributed by atoms with Crippen molar-refractivity contribution in [2.45, 2.75) is 31.8 Å². The molecule has 4 aromatic rings. The van der Waals surface area contributed by atoms with Crippen molar-refractivity contribution in [1.82, 2.24) is 19.2 Å².